The monoisotopic (exact) mass is 339 g/mol. The Morgan fingerprint density at radius 3 is 2.58 bits per heavy atom. The van der Waals surface area contributed by atoms with Gasteiger partial charge in [0, 0.05) is 13.7 Å². The third kappa shape index (κ3) is 3.86. The second-order valence-corrected chi connectivity index (χ2v) is 6.64. The molecule has 4 nitrogen and oxygen atoms in total. The third-order valence-corrected chi connectivity index (χ3v) is 5.20. The highest BCUT2D eigenvalue weighted by Crippen LogP contribution is 2.40. The average Bonchev–Trinajstić information content (AvgIpc) is 3.06. The molecule has 124 valence electrons. The minimum Gasteiger partial charge on any atom is -0.383 e. The second-order valence-electron chi connectivity index (χ2n) is 5.56. The summed E-state index contributed by atoms with van der Waals surface area (Å²) in [5.41, 5.74) is 3.84. The molecule has 1 heterocycles. The molecule has 5 heteroatoms. The molecule has 0 amide bonds. The number of hydrogen-bond donors (Lipinski definition) is 0. The third-order valence-electron chi connectivity index (χ3n) is 3.91. The van der Waals surface area contributed by atoms with Crippen LogP contribution in [-0.4, -0.2) is 28.5 Å². The first kappa shape index (κ1) is 16.7. The van der Waals surface area contributed by atoms with Crippen LogP contribution in [0, 0.1) is 6.92 Å². The van der Waals surface area contributed by atoms with Gasteiger partial charge in [0.2, 0.25) is 0 Å². The Morgan fingerprint density at radius 2 is 1.83 bits per heavy atom. The van der Waals surface area contributed by atoms with Gasteiger partial charge in [-0.2, -0.15) is 0 Å². The summed E-state index contributed by atoms with van der Waals surface area (Å²) in [7, 11) is 1.71. The zero-order valence-corrected chi connectivity index (χ0v) is 14.7. The van der Waals surface area contributed by atoms with Crippen LogP contribution in [0.15, 0.2) is 66.1 Å². The maximum Gasteiger partial charge on any atom is 0.192 e. The lowest BCUT2D eigenvalue weighted by Crippen LogP contribution is -2.06. The predicted octanol–water partition coefficient (Wildman–Crippen LogP) is 4.11. The van der Waals surface area contributed by atoms with Crippen LogP contribution in [0.1, 0.15) is 21.9 Å². The van der Waals surface area contributed by atoms with Gasteiger partial charge in [-0.3, -0.25) is 0 Å². The van der Waals surface area contributed by atoms with E-state index in [0.717, 1.165) is 11.7 Å². The van der Waals surface area contributed by atoms with E-state index >= 15 is 0 Å². The summed E-state index contributed by atoms with van der Waals surface area (Å²) in [5.74, 6) is 0. The van der Waals surface area contributed by atoms with Gasteiger partial charge in [0.25, 0.3) is 0 Å². The summed E-state index contributed by atoms with van der Waals surface area (Å²) in [6.45, 7) is 3.55. The summed E-state index contributed by atoms with van der Waals surface area (Å²) in [6.07, 6.45) is 1.77. The molecule has 0 radical (unpaired) electrons. The Balaban J connectivity index is 1.95. The molecule has 0 aliphatic carbocycles. The SMILES string of the molecule is COCCn1cnnc1SC(c1ccccc1)c1ccccc1C. The molecule has 3 rings (SSSR count). The fourth-order valence-electron chi connectivity index (χ4n) is 2.60. The number of aromatic nitrogens is 3. The van der Waals surface area contributed by atoms with Gasteiger partial charge in [-0.05, 0) is 23.6 Å². The van der Waals surface area contributed by atoms with E-state index in [0.29, 0.717) is 6.61 Å². The second kappa shape index (κ2) is 8.13. The number of aryl methyl sites for hydroxylation is 1. The molecule has 0 fully saturated rings. The molecular weight excluding hydrogens is 318 g/mol. The molecule has 1 unspecified atom stereocenters. The first-order valence-corrected chi connectivity index (χ1v) is 8.81. The fourth-order valence-corrected chi connectivity index (χ4v) is 3.87. The lowest BCUT2D eigenvalue weighted by Gasteiger charge is -2.19. The van der Waals surface area contributed by atoms with Gasteiger partial charge in [0.1, 0.15) is 6.33 Å². The largest absolute Gasteiger partial charge is 0.383 e. The molecule has 0 saturated heterocycles. The summed E-state index contributed by atoms with van der Waals surface area (Å²) in [6, 6.07) is 19.1. The summed E-state index contributed by atoms with van der Waals surface area (Å²) >= 11 is 1.73. The number of methoxy groups -OCH3 is 1. The van der Waals surface area contributed by atoms with Crippen LogP contribution in [-0.2, 0) is 11.3 Å². The van der Waals surface area contributed by atoms with Gasteiger partial charge in [0.05, 0.1) is 11.9 Å². The number of hydrogen-bond acceptors (Lipinski definition) is 4. The van der Waals surface area contributed by atoms with Gasteiger partial charge in [0.15, 0.2) is 5.16 Å². The number of nitrogens with zero attached hydrogens (tertiary/aromatic N) is 3. The number of thioether (sulfide) groups is 1. The Kier molecular flexibility index (Phi) is 5.67. The van der Waals surface area contributed by atoms with E-state index in [2.05, 4.69) is 65.7 Å². The summed E-state index contributed by atoms with van der Waals surface area (Å²) in [4.78, 5) is 0. The van der Waals surface area contributed by atoms with E-state index < -0.39 is 0 Å². The van der Waals surface area contributed by atoms with Crippen molar-refractivity contribution < 1.29 is 4.74 Å². The van der Waals surface area contributed by atoms with E-state index in [1.165, 1.54) is 16.7 Å². The van der Waals surface area contributed by atoms with E-state index in [4.69, 9.17) is 4.74 Å². The van der Waals surface area contributed by atoms with Crippen LogP contribution in [0.3, 0.4) is 0 Å². The van der Waals surface area contributed by atoms with Crippen molar-refractivity contribution in [2.75, 3.05) is 13.7 Å². The minimum atomic E-state index is 0.179. The summed E-state index contributed by atoms with van der Waals surface area (Å²) < 4.78 is 7.22. The predicted molar refractivity (Wildman–Crippen MR) is 97.2 cm³/mol. The van der Waals surface area contributed by atoms with Gasteiger partial charge in [-0.25, -0.2) is 0 Å². The van der Waals surface area contributed by atoms with Gasteiger partial charge < -0.3 is 9.30 Å². The Bertz CT molecular complexity index is 773. The van der Waals surface area contributed by atoms with Gasteiger partial charge >= 0.3 is 0 Å². The lowest BCUT2D eigenvalue weighted by atomic mass is 10.0. The molecule has 0 aliphatic rings. The molecule has 24 heavy (non-hydrogen) atoms. The van der Waals surface area contributed by atoms with Crippen molar-refractivity contribution >= 4 is 11.8 Å². The maximum absolute atomic E-state index is 5.18. The van der Waals surface area contributed by atoms with Crippen molar-refractivity contribution in [3.8, 4) is 0 Å². The number of ether oxygens (including phenoxy) is 1. The molecule has 1 aromatic heterocycles. The van der Waals surface area contributed by atoms with Crippen LogP contribution in [0.5, 0.6) is 0 Å². The number of rotatable bonds is 7. The van der Waals surface area contributed by atoms with E-state index in [-0.39, 0.29) is 5.25 Å². The topological polar surface area (TPSA) is 39.9 Å². The highest BCUT2D eigenvalue weighted by Gasteiger charge is 2.20. The molecule has 2 aromatic carbocycles. The maximum atomic E-state index is 5.18. The smallest absolute Gasteiger partial charge is 0.192 e. The molecular formula is C19H21N3OS. The highest BCUT2D eigenvalue weighted by molar-refractivity contribution is 7.99. The molecule has 0 aliphatic heterocycles. The standard InChI is InChI=1S/C19H21N3OS/c1-15-8-6-7-11-17(15)18(16-9-4-3-5-10-16)24-19-21-20-14-22(19)12-13-23-2/h3-11,14,18H,12-13H2,1-2H3. The van der Waals surface area contributed by atoms with Crippen molar-refractivity contribution in [2.45, 2.75) is 23.9 Å². The van der Waals surface area contributed by atoms with Crippen molar-refractivity contribution in [1.29, 1.82) is 0 Å². The summed E-state index contributed by atoms with van der Waals surface area (Å²) in [5, 5.41) is 9.47. The number of benzene rings is 2. The molecule has 0 spiro atoms. The molecule has 3 aromatic rings. The van der Waals surface area contributed by atoms with Crippen molar-refractivity contribution in [2.24, 2.45) is 0 Å². The molecule has 0 N–H and O–H groups in total. The fraction of sp³-hybridized carbons (Fsp3) is 0.263. The molecule has 0 bridgehead atoms. The van der Waals surface area contributed by atoms with Crippen LogP contribution in [0.25, 0.3) is 0 Å². The van der Waals surface area contributed by atoms with Crippen molar-refractivity contribution in [1.82, 2.24) is 14.8 Å². The van der Waals surface area contributed by atoms with Crippen LogP contribution < -0.4 is 0 Å². The zero-order chi connectivity index (χ0) is 16.8. The van der Waals surface area contributed by atoms with Crippen molar-refractivity contribution in [3.63, 3.8) is 0 Å². The van der Waals surface area contributed by atoms with E-state index in [1.807, 2.05) is 10.6 Å². The van der Waals surface area contributed by atoms with Gasteiger partial charge in [-0.15, -0.1) is 10.2 Å². The average molecular weight is 339 g/mol. The van der Waals surface area contributed by atoms with Crippen LogP contribution in [0.4, 0.5) is 0 Å². The quantitative estimate of drug-likeness (QED) is 0.607. The Hall–Kier alpha value is -2.11. The Labute approximate surface area is 146 Å². The van der Waals surface area contributed by atoms with Crippen LogP contribution in [0.2, 0.25) is 0 Å². The highest BCUT2D eigenvalue weighted by atomic mass is 32.2. The van der Waals surface area contributed by atoms with Gasteiger partial charge in [-0.1, -0.05) is 66.4 Å². The van der Waals surface area contributed by atoms with Crippen LogP contribution >= 0.6 is 11.8 Å². The minimum absolute atomic E-state index is 0.179. The Morgan fingerprint density at radius 1 is 1.08 bits per heavy atom. The van der Waals surface area contributed by atoms with E-state index in [9.17, 15) is 0 Å². The first-order valence-electron chi connectivity index (χ1n) is 7.93. The first-order chi connectivity index (χ1) is 11.8. The lowest BCUT2D eigenvalue weighted by molar-refractivity contribution is 0.184. The van der Waals surface area contributed by atoms with E-state index in [1.54, 1.807) is 25.2 Å². The normalized spacial score (nSPS) is 12.2. The van der Waals surface area contributed by atoms with Crippen molar-refractivity contribution in [3.05, 3.63) is 77.6 Å². The molecule has 0 saturated carbocycles. The zero-order valence-electron chi connectivity index (χ0n) is 13.9. The molecule has 1 atom stereocenters.